The fraction of sp³-hybridized carbons (Fsp3) is 0.0556. The zero-order valence-corrected chi connectivity index (χ0v) is 13.6. The van der Waals surface area contributed by atoms with Crippen molar-refractivity contribution in [2.45, 2.75) is 0 Å². The Bertz CT molecular complexity index is 1000. The number of carboxylic acids is 2. The molecule has 3 aromatic heterocycles. The molecule has 0 fully saturated rings. The highest BCUT2D eigenvalue weighted by atomic mass is 16.5. The maximum atomic E-state index is 11.5. The van der Waals surface area contributed by atoms with Crippen LogP contribution in [0.2, 0.25) is 0 Å². The van der Waals surface area contributed by atoms with Gasteiger partial charge in [0.1, 0.15) is 5.75 Å². The van der Waals surface area contributed by atoms with Crippen molar-refractivity contribution >= 4 is 11.9 Å². The van der Waals surface area contributed by atoms with E-state index in [1.165, 1.54) is 43.8 Å². The van der Waals surface area contributed by atoms with Gasteiger partial charge in [-0.05, 0) is 30.3 Å². The number of ether oxygens (including phenoxy) is 1. The lowest BCUT2D eigenvalue weighted by atomic mass is 10.1. The Balaban J connectivity index is 2.17. The third-order valence-electron chi connectivity index (χ3n) is 3.57. The standard InChI is InChI=1S/C18H13N3O5/c1-26-12-3-5-20-14(9-12)16-8-11(18(24)25)7-15(21-16)13-6-10(17(22)23)2-4-19-13/h2-9H,1H3,(H,22,23)(H,24,25). The number of carbonyl (C=O) groups is 2. The lowest BCUT2D eigenvalue weighted by Gasteiger charge is -2.08. The Morgan fingerprint density at radius 2 is 1.35 bits per heavy atom. The molecule has 0 saturated heterocycles. The minimum absolute atomic E-state index is 0.0165. The van der Waals surface area contributed by atoms with Gasteiger partial charge in [-0.3, -0.25) is 9.97 Å². The van der Waals surface area contributed by atoms with Gasteiger partial charge in [0.25, 0.3) is 0 Å². The quantitative estimate of drug-likeness (QED) is 0.719. The van der Waals surface area contributed by atoms with Gasteiger partial charge in [0.05, 0.1) is 41.0 Å². The number of hydrogen-bond acceptors (Lipinski definition) is 6. The molecule has 0 atom stereocenters. The predicted octanol–water partition coefficient (Wildman–Crippen LogP) is 2.61. The molecule has 0 amide bonds. The van der Waals surface area contributed by atoms with Crippen molar-refractivity contribution in [2.75, 3.05) is 7.11 Å². The van der Waals surface area contributed by atoms with Crippen LogP contribution in [0.25, 0.3) is 22.8 Å². The fourth-order valence-corrected chi connectivity index (χ4v) is 2.30. The van der Waals surface area contributed by atoms with Gasteiger partial charge >= 0.3 is 11.9 Å². The van der Waals surface area contributed by atoms with E-state index in [0.29, 0.717) is 17.1 Å². The first-order valence-electron chi connectivity index (χ1n) is 7.43. The first kappa shape index (κ1) is 17.0. The molecule has 26 heavy (non-hydrogen) atoms. The molecule has 0 unspecified atom stereocenters. The monoisotopic (exact) mass is 351 g/mol. The number of rotatable bonds is 5. The van der Waals surface area contributed by atoms with E-state index in [1.54, 1.807) is 12.1 Å². The number of pyridine rings is 3. The minimum atomic E-state index is -1.15. The van der Waals surface area contributed by atoms with E-state index in [0.717, 1.165) is 0 Å². The summed E-state index contributed by atoms with van der Waals surface area (Å²) in [6.07, 6.45) is 2.85. The summed E-state index contributed by atoms with van der Waals surface area (Å²) in [5.74, 6) is -1.71. The van der Waals surface area contributed by atoms with Crippen molar-refractivity contribution in [1.82, 2.24) is 15.0 Å². The zero-order chi connectivity index (χ0) is 18.7. The van der Waals surface area contributed by atoms with Crippen molar-refractivity contribution in [3.05, 3.63) is 59.9 Å². The Hall–Kier alpha value is -3.81. The van der Waals surface area contributed by atoms with Gasteiger partial charge < -0.3 is 14.9 Å². The summed E-state index contributed by atoms with van der Waals surface area (Å²) in [7, 11) is 1.51. The van der Waals surface area contributed by atoms with E-state index in [2.05, 4.69) is 15.0 Å². The molecule has 0 aliphatic rings. The Morgan fingerprint density at radius 3 is 1.92 bits per heavy atom. The van der Waals surface area contributed by atoms with E-state index in [9.17, 15) is 14.7 Å². The Morgan fingerprint density at radius 1 is 0.808 bits per heavy atom. The van der Waals surface area contributed by atoms with Crippen molar-refractivity contribution in [2.24, 2.45) is 0 Å². The highest BCUT2D eigenvalue weighted by molar-refractivity contribution is 5.91. The summed E-state index contributed by atoms with van der Waals surface area (Å²) < 4.78 is 5.15. The van der Waals surface area contributed by atoms with Crippen LogP contribution >= 0.6 is 0 Å². The summed E-state index contributed by atoms with van der Waals surface area (Å²) in [6.45, 7) is 0. The van der Waals surface area contributed by atoms with Gasteiger partial charge in [-0.1, -0.05) is 0 Å². The van der Waals surface area contributed by atoms with E-state index >= 15 is 0 Å². The third kappa shape index (κ3) is 3.48. The lowest BCUT2D eigenvalue weighted by molar-refractivity contribution is 0.0686. The fourth-order valence-electron chi connectivity index (χ4n) is 2.30. The van der Waals surface area contributed by atoms with Gasteiger partial charge in [-0.2, -0.15) is 0 Å². The van der Waals surface area contributed by atoms with Crippen LogP contribution in [-0.2, 0) is 0 Å². The summed E-state index contributed by atoms with van der Waals surface area (Å²) >= 11 is 0. The van der Waals surface area contributed by atoms with Crippen LogP contribution in [0.1, 0.15) is 20.7 Å². The van der Waals surface area contributed by atoms with Crippen LogP contribution < -0.4 is 4.74 Å². The smallest absolute Gasteiger partial charge is 0.335 e. The largest absolute Gasteiger partial charge is 0.497 e. The van der Waals surface area contributed by atoms with Crippen LogP contribution in [0, 0.1) is 0 Å². The molecule has 3 aromatic rings. The molecule has 0 bridgehead atoms. The molecule has 3 heterocycles. The van der Waals surface area contributed by atoms with Gasteiger partial charge in [0.2, 0.25) is 0 Å². The number of aromatic nitrogens is 3. The lowest BCUT2D eigenvalue weighted by Crippen LogP contribution is -2.02. The number of methoxy groups -OCH3 is 1. The highest BCUT2D eigenvalue weighted by Gasteiger charge is 2.14. The average molecular weight is 351 g/mol. The van der Waals surface area contributed by atoms with E-state index in [4.69, 9.17) is 9.84 Å². The second-order valence-corrected chi connectivity index (χ2v) is 5.25. The molecule has 0 aliphatic heterocycles. The number of carboxylic acid groups (broad SMARTS) is 2. The molecular formula is C18H13N3O5. The zero-order valence-electron chi connectivity index (χ0n) is 13.6. The topological polar surface area (TPSA) is 123 Å². The molecule has 3 rings (SSSR count). The van der Waals surface area contributed by atoms with Crippen LogP contribution in [-0.4, -0.2) is 44.2 Å². The first-order chi connectivity index (χ1) is 12.5. The summed E-state index contributed by atoms with van der Waals surface area (Å²) in [4.78, 5) is 35.3. The van der Waals surface area contributed by atoms with Crippen LogP contribution in [0.15, 0.2) is 48.8 Å². The van der Waals surface area contributed by atoms with Crippen molar-refractivity contribution in [1.29, 1.82) is 0 Å². The number of nitrogens with zero attached hydrogens (tertiary/aromatic N) is 3. The Kier molecular flexibility index (Phi) is 4.57. The molecule has 8 nitrogen and oxygen atoms in total. The van der Waals surface area contributed by atoms with Crippen molar-refractivity contribution in [3.8, 4) is 28.5 Å². The minimum Gasteiger partial charge on any atom is -0.497 e. The summed E-state index contributed by atoms with van der Waals surface area (Å²) in [6, 6.07) is 8.67. The highest BCUT2D eigenvalue weighted by Crippen LogP contribution is 2.25. The van der Waals surface area contributed by atoms with Crippen molar-refractivity contribution in [3.63, 3.8) is 0 Å². The van der Waals surface area contributed by atoms with Gasteiger partial charge in [0.15, 0.2) is 0 Å². The van der Waals surface area contributed by atoms with Gasteiger partial charge in [-0.25, -0.2) is 14.6 Å². The molecule has 0 aromatic carbocycles. The summed E-state index contributed by atoms with van der Waals surface area (Å²) in [5, 5.41) is 18.5. The molecule has 130 valence electrons. The second-order valence-electron chi connectivity index (χ2n) is 5.25. The van der Waals surface area contributed by atoms with E-state index in [1.807, 2.05) is 0 Å². The Labute approximate surface area is 147 Å². The van der Waals surface area contributed by atoms with Crippen LogP contribution in [0.3, 0.4) is 0 Å². The van der Waals surface area contributed by atoms with Gasteiger partial charge in [-0.15, -0.1) is 0 Å². The molecule has 0 radical (unpaired) electrons. The average Bonchev–Trinajstić information content (AvgIpc) is 2.67. The normalized spacial score (nSPS) is 10.3. The number of aromatic carboxylic acids is 2. The third-order valence-corrected chi connectivity index (χ3v) is 3.57. The van der Waals surface area contributed by atoms with Crippen molar-refractivity contribution < 1.29 is 24.5 Å². The molecule has 0 saturated carbocycles. The van der Waals surface area contributed by atoms with Crippen LogP contribution in [0.4, 0.5) is 0 Å². The second kappa shape index (κ2) is 6.98. The van der Waals surface area contributed by atoms with E-state index < -0.39 is 11.9 Å². The number of hydrogen-bond donors (Lipinski definition) is 2. The maximum Gasteiger partial charge on any atom is 0.335 e. The molecule has 0 aliphatic carbocycles. The molecule has 0 spiro atoms. The molecular weight excluding hydrogens is 338 g/mol. The first-order valence-corrected chi connectivity index (χ1v) is 7.43. The SMILES string of the molecule is COc1ccnc(-c2cc(C(=O)O)cc(-c3cc(C(=O)O)ccn3)n2)c1. The molecule has 2 N–H and O–H groups in total. The van der Waals surface area contributed by atoms with E-state index in [-0.39, 0.29) is 22.5 Å². The molecule has 8 heteroatoms. The summed E-state index contributed by atoms with van der Waals surface area (Å²) in [5.41, 5.74) is 1.21. The maximum absolute atomic E-state index is 11.5. The van der Waals surface area contributed by atoms with Crippen LogP contribution in [0.5, 0.6) is 5.75 Å². The van der Waals surface area contributed by atoms with Gasteiger partial charge in [0, 0.05) is 18.5 Å². The predicted molar refractivity (Wildman–Crippen MR) is 91.2 cm³/mol.